The summed E-state index contributed by atoms with van der Waals surface area (Å²) in [4.78, 5) is 24.2. The average Bonchev–Trinajstić information content (AvgIpc) is 2.62. The highest BCUT2D eigenvalue weighted by Gasteiger charge is 2.09. The monoisotopic (exact) mass is 344 g/mol. The predicted octanol–water partition coefficient (Wildman–Crippen LogP) is 3.23. The van der Waals surface area contributed by atoms with Crippen LogP contribution in [0.25, 0.3) is 0 Å². The molecule has 25 heavy (non-hydrogen) atoms. The first kappa shape index (κ1) is 18.6. The van der Waals surface area contributed by atoms with E-state index in [1.54, 1.807) is 24.3 Å². The number of halogens is 1. The minimum absolute atomic E-state index is 0.214. The van der Waals surface area contributed by atoms with Gasteiger partial charge >= 0.3 is 0 Å². The summed E-state index contributed by atoms with van der Waals surface area (Å²) in [7, 11) is 0. The Morgan fingerprint density at radius 2 is 1.80 bits per heavy atom. The summed E-state index contributed by atoms with van der Waals surface area (Å²) < 4.78 is 18.1. The molecule has 5 nitrogen and oxygen atoms in total. The SMILES string of the molecule is CCOCCCNC(=O)c1cccc(NC(=O)c2ccc(F)cc2)c1. The van der Waals surface area contributed by atoms with Crippen molar-refractivity contribution >= 4 is 17.5 Å². The fourth-order valence-electron chi connectivity index (χ4n) is 2.17. The molecule has 0 aromatic heterocycles. The number of hydrogen-bond donors (Lipinski definition) is 2. The van der Waals surface area contributed by atoms with Crippen LogP contribution in [0.5, 0.6) is 0 Å². The lowest BCUT2D eigenvalue weighted by Gasteiger charge is -2.09. The van der Waals surface area contributed by atoms with Crippen LogP contribution in [0.15, 0.2) is 48.5 Å². The number of nitrogens with one attached hydrogen (secondary N) is 2. The predicted molar refractivity (Wildman–Crippen MR) is 94.2 cm³/mol. The topological polar surface area (TPSA) is 67.4 Å². The lowest BCUT2D eigenvalue weighted by molar-refractivity contribution is 0.0943. The number of benzene rings is 2. The van der Waals surface area contributed by atoms with Gasteiger partial charge in [0, 0.05) is 36.6 Å². The van der Waals surface area contributed by atoms with E-state index in [4.69, 9.17) is 4.74 Å². The average molecular weight is 344 g/mol. The molecular weight excluding hydrogens is 323 g/mol. The van der Waals surface area contributed by atoms with Crippen molar-refractivity contribution in [3.8, 4) is 0 Å². The summed E-state index contributed by atoms with van der Waals surface area (Å²) >= 11 is 0. The summed E-state index contributed by atoms with van der Waals surface area (Å²) in [5, 5.41) is 5.50. The van der Waals surface area contributed by atoms with Crippen LogP contribution in [0, 0.1) is 5.82 Å². The van der Waals surface area contributed by atoms with E-state index in [-0.39, 0.29) is 11.8 Å². The van der Waals surface area contributed by atoms with E-state index in [0.29, 0.717) is 36.6 Å². The molecule has 0 bridgehead atoms. The largest absolute Gasteiger partial charge is 0.382 e. The second-order valence-corrected chi connectivity index (χ2v) is 5.35. The standard InChI is InChI=1S/C19H21FN2O3/c1-2-25-12-4-11-21-18(23)15-5-3-6-17(13-15)22-19(24)14-7-9-16(20)10-8-14/h3,5-10,13H,2,4,11-12H2,1H3,(H,21,23)(H,22,24). The first-order valence-electron chi connectivity index (χ1n) is 8.13. The van der Waals surface area contributed by atoms with Crippen molar-refractivity contribution in [3.05, 3.63) is 65.5 Å². The van der Waals surface area contributed by atoms with Gasteiger partial charge in [-0.2, -0.15) is 0 Å². The number of ether oxygens (including phenoxy) is 1. The molecular formula is C19H21FN2O3. The highest BCUT2D eigenvalue weighted by molar-refractivity contribution is 6.05. The van der Waals surface area contributed by atoms with Gasteiger partial charge in [0.2, 0.25) is 0 Å². The maximum absolute atomic E-state index is 12.9. The van der Waals surface area contributed by atoms with E-state index in [9.17, 15) is 14.0 Å². The number of amides is 2. The number of hydrogen-bond acceptors (Lipinski definition) is 3. The second kappa shape index (κ2) is 9.54. The van der Waals surface area contributed by atoms with Gasteiger partial charge in [0.15, 0.2) is 0 Å². The summed E-state index contributed by atoms with van der Waals surface area (Å²) in [6, 6.07) is 11.9. The molecule has 0 saturated carbocycles. The Bertz CT molecular complexity index is 717. The first-order valence-corrected chi connectivity index (χ1v) is 8.13. The zero-order valence-electron chi connectivity index (χ0n) is 14.0. The lowest BCUT2D eigenvalue weighted by Crippen LogP contribution is -2.25. The number of carbonyl (C=O) groups is 2. The molecule has 6 heteroatoms. The number of carbonyl (C=O) groups excluding carboxylic acids is 2. The van der Waals surface area contributed by atoms with Crippen LogP contribution in [0.1, 0.15) is 34.1 Å². The highest BCUT2D eigenvalue weighted by Crippen LogP contribution is 2.13. The molecule has 0 aliphatic carbocycles. The van der Waals surface area contributed by atoms with E-state index in [0.717, 1.165) is 6.42 Å². The van der Waals surface area contributed by atoms with Gasteiger partial charge < -0.3 is 15.4 Å². The van der Waals surface area contributed by atoms with Gasteiger partial charge in [-0.15, -0.1) is 0 Å². The molecule has 0 spiro atoms. The number of rotatable bonds is 8. The Morgan fingerprint density at radius 3 is 2.52 bits per heavy atom. The summed E-state index contributed by atoms with van der Waals surface area (Å²) in [6.07, 6.45) is 0.737. The van der Waals surface area contributed by atoms with Crippen molar-refractivity contribution in [2.45, 2.75) is 13.3 Å². The van der Waals surface area contributed by atoms with Crippen molar-refractivity contribution in [1.82, 2.24) is 5.32 Å². The summed E-state index contributed by atoms with van der Waals surface area (Å²) in [5.74, 6) is -0.983. The Hall–Kier alpha value is -2.73. The Kier molecular flexibility index (Phi) is 7.10. The highest BCUT2D eigenvalue weighted by atomic mass is 19.1. The van der Waals surface area contributed by atoms with Gasteiger partial charge in [0.25, 0.3) is 11.8 Å². The van der Waals surface area contributed by atoms with Gasteiger partial charge in [0.05, 0.1) is 0 Å². The third-order valence-corrected chi connectivity index (χ3v) is 3.44. The lowest BCUT2D eigenvalue weighted by atomic mass is 10.1. The van der Waals surface area contributed by atoms with E-state index in [1.165, 1.54) is 24.3 Å². The van der Waals surface area contributed by atoms with E-state index >= 15 is 0 Å². The van der Waals surface area contributed by atoms with Crippen molar-refractivity contribution in [3.63, 3.8) is 0 Å². The minimum Gasteiger partial charge on any atom is -0.382 e. The van der Waals surface area contributed by atoms with Gasteiger partial charge in [0.1, 0.15) is 5.82 Å². The van der Waals surface area contributed by atoms with Gasteiger partial charge in [-0.1, -0.05) is 6.07 Å². The maximum Gasteiger partial charge on any atom is 0.255 e. The molecule has 0 aliphatic heterocycles. The minimum atomic E-state index is -0.403. The summed E-state index contributed by atoms with van der Waals surface area (Å²) in [5.41, 5.74) is 1.29. The van der Waals surface area contributed by atoms with Gasteiger partial charge in [-0.05, 0) is 55.8 Å². The third-order valence-electron chi connectivity index (χ3n) is 3.44. The van der Waals surface area contributed by atoms with Crippen molar-refractivity contribution in [2.75, 3.05) is 25.1 Å². The summed E-state index contributed by atoms with van der Waals surface area (Å²) in [6.45, 7) is 3.70. The zero-order valence-corrected chi connectivity index (χ0v) is 14.0. The van der Waals surface area contributed by atoms with Gasteiger partial charge in [-0.25, -0.2) is 4.39 Å². The molecule has 2 aromatic rings. The number of anilines is 1. The molecule has 0 unspecified atom stereocenters. The van der Waals surface area contributed by atoms with E-state index in [2.05, 4.69) is 10.6 Å². The molecule has 0 atom stereocenters. The van der Waals surface area contributed by atoms with Crippen LogP contribution in [-0.4, -0.2) is 31.6 Å². The maximum atomic E-state index is 12.9. The first-order chi connectivity index (χ1) is 12.1. The van der Waals surface area contributed by atoms with E-state index in [1.807, 2.05) is 6.92 Å². The van der Waals surface area contributed by atoms with Crippen LogP contribution in [0.2, 0.25) is 0 Å². The third kappa shape index (κ3) is 6.00. The smallest absolute Gasteiger partial charge is 0.255 e. The molecule has 132 valence electrons. The fourth-order valence-corrected chi connectivity index (χ4v) is 2.17. The van der Waals surface area contributed by atoms with Crippen LogP contribution < -0.4 is 10.6 Å². The molecule has 2 N–H and O–H groups in total. The Labute approximate surface area is 146 Å². The van der Waals surface area contributed by atoms with Gasteiger partial charge in [-0.3, -0.25) is 9.59 Å². The molecule has 2 rings (SSSR count). The van der Waals surface area contributed by atoms with Crippen LogP contribution in [0.3, 0.4) is 0 Å². The van der Waals surface area contributed by atoms with E-state index < -0.39 is 5.82 Å². The fraction of sp³-hybridized carbons (Fsp3) is 0.263. The normalized spacial score (nSPS) is 10.3. The van der Waals surface area contributed by atoms with Crippen molar-refractivity contribution in [1.29, 1.82) is 0 Å². The zero-order chi connectivity index (χ0) is 18.1. The molecule has 0 radical (unpaired) electrons. The van der Waals surface area contributed by atoms with Crippen LogP contribution >= 0.6 is 0 Å². The molecule has 0 heterocycles. The Morgan fingerprint density at radius 1 is 1.04 bits per heavy atom. The second-order valence-electron chi connectivity index (χ2n) is 5.35. The molecule has 2 amide bonds. The van der Waals surface area contributed by atoms with Crippen LogP contribution in [-0.2, 0) is 4.74 Å². The molecule has 2 aromatic carbocycles. The van der Waals surface area contributed by atoms with Crippen molar-refractivity contribution < 1.29 is 18.7 Å². The van der Waals surface area contributed by atoms with Crippen molar-refractivity contribution in [2.24, 2.45) is 0 Å². The molecule has 0 saturated heterocycles. The quantitative estimate of drug-likeness (QED) is 0.723. The molecule has 0 aliphatic rings. The molecule has 0 fully saturated rings. The van der Waals surface area contributed by atoms with Crippen LogP contribution in [0.4, 0.5) is 10.1 Å². The Balaban J connectivity index is 1.92.